The van der Waals surface area contributed by atoms with Gasteiger partial charge in [-0.3, -0.25) is 9.78 Å². The van der Waals surface area contributed by atoms with Crippen molar-refractivity contribution in [2.24, 2.45) is 5.92 Å². The first kappa shape index (κ1) is 20.0. The van der Waals surface area contributed by atoms with E-state index in [1.165, 1.54) is 19.3 Å². The molecule has 1 aromatic heterocycles. The van der Waals surface area contributed by atoms with E-state index in [1.54, 1.807) is 24.5 Å². The molecule has 2 unspecified atom stereocenters. The summed E-state index contributed by atoms with van der Waals surface area (Å²) in [5, 5.41) is 5.90. The number of thioether (sulfide) groups is 1. The number of carbonyl (C=O) groups excluding carboxylic acids is 2. The predicted molar refractivity (Wildman–Crippen MR) is 110 cm³/mol. The summed E-state index contributed by atoms with van der Waals surface area (Å²) in [5.41, 5.74) is 0.749. The molecule has 0 bridgehead atoms. The van der Waals surface area contributed by atoms with Crippen molar-refractivity contribution in [3.05, 3.63) is 24.5 Å². The number of carbonyl (C=O) groups is 2. The number of unbranched alkanes of at least 4 members (excludes halogenated alkanes) is 2. The monoisotopic (exact) mass is 390 g/mol. The van der Waals surface area contributed by atoms with E-state index in [1.807, 2.05) is 11.8 Å². The highest BCUT2D eigenvalue weighted by Gasteiger charge is 2.32. The molecule has 0 radical (unpaired) electrons. The maximum atomic E-state index is 12.5. The van der Waals surface area contributed by atoms with Crippen LogP contribution in [0.2, 0.25) is 0 Å². The van der Waals surface area contributed by atoms with E-state index in [0.29, 0.717) is 18.4 Å². The molecule has 0 saturated carbocycles. The number of rotatable bonds is 8. The zero-order valence-electron chi connectivity index (χ0n) is 15.9. The van der Waals surface area contributed by atoms with Crippen molar-refractivity contribution in [1.29, 1.82) is 0 Å². The number of amides is 3. The fourth-order valence-electron chi connectivity index (χ4n) is 3.79. The third-order valence-electron chi connectivity index (χ3n) is 5.32. The first-order valence-electron chi connectivity index (χ1n) is 10.1. The molecular weight excluding hydrogens is 360 g/mol. The third-order valence-corrected chi connectivity index (χ3v) is 6.68. The number of urea groups is 1. The summed E-state index contributed by atoms with van der Waals surface area (Å²) in [6.07, 6.45) is 11.1. The van der Waals surface area contributed by atoms with Crippen LogP contribution in [0.15, 0.2) is 24.5 Å². The van der Waals surface area contributed by atoms with E-state index in [9.17, 15) is 9.59 Å². The third kappa shape index (κ3) is 6.41. The van der Waals surface area contributed by atoms with Gasteiger partial charge in [0.25, 0.3) is 0 Å². The molecule has 0 aromatic carbocycles. The van der Waals surface area contributed by atoms with Crippen molar-refractivity contribution in [3.63, 3.8) is 0 Å². The van der Waals surface area contributed by atoms with Crippen molar-refractivity contribution in [3.8, 4) is 0 Å². The molecule has 3 heterocycles. The van der Waals surface area contributed by atoms with Gasteiger partial charge in [0.2, 0.25) is 5.91 Å². The van der Waals surface area contributed by atoms with Gasteiger partial charge in [-0.25, -0.2) is 4.79 Å². The number of nitrogens with one attached hydrogen (secondary N) is 2. The summed E-state index contributed by atoms with van der Waals surface area (Å²) < 4.78 is 0. The molecular formula is C20H30N4O2S. The summed E-state index contributed by atoms with van der Waals surface area (Å²) in [7, 11) is 0. The second-order valence-electron chi connectivity index (χ2n) is 7.41. The highest BCUT2D eigenvalue weighted by molar-refractivity contribution is 8.00. The molecule has 7 heteroatoms. The van der Waals surface area contributed by atoms with E-state index in [-0.39, 0.29) is 11.3 Å². The van der Waals surface area contributed by atoms with Gasteiger partial charge in [0, 0.05) is 37.7 Å². The molecule has 148 valence electrons. The van der Waals surface area contributed by atoms with Gasteiger partial charge >= 0.3 is 6.03 Å². The second-order valence-corrected chi connectivity index (χ2v) is 8.72. The van der Waals surface area contributed by atoms with E-state index in [4.69, 9.17) is 0 Å². The Morgan fingerprint density at radius 1 is 1.19 bits per heavy atom. The highest BCUT2D eigenvalue weighted by Crippen LogP contribution is 2.30. The minimum absolute atomic E-state index is 0.170. The van der Waals surface area contributed by atoms with Crippen molar-refractivity contribution in [1.82, 2.24) is 15.2 Å². The molecule has 2 saturated heterocycles. The lowest BCUT2D eigenvalue weighted by atomic mass is 10.0. The minimum atomic E-state index is -0.170. The Balaban J connectivity index is 1.21. The highest BCUT2D eigenvalue weighted by atomic mass is 32.2. The summed E-state index contributed by atoms with van der Waals surface area (Å²) in [6, 6.07) is 3.36. The number of hydrogen-bond donors (Lipinski definition) is 2. The fourth-order valence-corrected chi connectivity index (χ4v) is 5.03. The van der Waals surface area contributed by atoms with Crippen LogP contribution in [0.5, 0.6) is 0 Å². The molecule has 0 aliphatic carbocycles. The Labute approximate surface area is 165 Å². The van der Waals surface area contributed by atoms with E-state index in [2.05, 4.69) is 20.5 Å². The molecule has 3 amide bonds. The standard InChI is InChI=1S/C20H30N4O2S/c25-19(18-6-4-14-27-18)24-13-9-16(15-24)5-2-1-3-10-22-20(26)23-17-7-11-21-12-8-17/h7-8,11-12,16,18H,1-6,9-10,13-15H2,(H2,21,22,23,26). The van der Waals surface area contributed by atoms with Crippen LogP contribution in [0.25, 0.3) is 0 Å². The average molecular weight is 391 g/mol. The second kappa shape index (κ2) is 10.5. The van der Waals surface area contributed by atoms with Crippen molar-refractivity contribution >= 4 is 29.4 Å². The molecule has 1 aromatic rings. The fraction of sp³-hybridized carbons (Fsp3) is 0.650. The van der Waals surface area contributed by atoms with Crippen molar-refractivity contribution in [2.45, 2.75) is 50.2 Å². The summed E-state index contributed by atoms with van der Waals surface area (Å²) in [5.74, 6) is 2.18. The molecule has 2 atom stereocenters. The number of aromatic nitrogens is 1. The van der Waals surface area contributed by atoms with Gasteiger partial charge in [0.1, 0.15) is 0 Å². The number of anilines is 1. The number of pyridine rings is 1. The maximum absolute atomic E-state index is 12.5. The predicted octanol–water partition coefficient (Wildman–Crippen LogP) is 3.51. The molecule has 0 spiro atoms. The van der Waals surface area contributed by atoms with Crippen LogP contribution in [-0.4, -0.2) is 52.5 Å². The summed E-state index contributed by atoms with van der Waals surface area (Å²) >= 11 is 1.83. The van der Waals surface area contributed by atoms with Crippen LogP contribution >= 0.6 is 11.8 Å². The molecule has 6 nitrogen and oxygen atoms in total. The van der Waals surface area contributed by atoms with Gasteiger partial charge in [0.15, 0.2) is 0 Å². The smallest absolute Gasteiger partial charge is 0.319 e. The van der Waals surface area contributed by atoms with E-state index in [0.717, 1.165) is 50.2 Å². The van der Waals surface area contributed by atoms with Gasteiger partial charge in [-0.15, -0.1) is 11.8 Å². The molecule has 3 rings (SSSR count). The Bertz CT molecular complexity index is 607. The Morgan fingerprint density at radius 3 is 2.81 bits per heavy atom. The normalized spacial score (nSPS) is 22.0. The topological polar surface area (TPSA) is 74.3 Å². The molecule has 2 aliphatic heterocycles. The lowest BCUT2D eigenvalue weighted by Gasteiger charge is -2.20. The molecule has 27 heavy (non-hydrogen) atoms. The summed E-state index contributed by atoms with van der Waals surface area (Å²) in [6.45, 7) is 2.57. The first-order valence-corrected chi connectivity index (χ1v) is 11.1. The first-order chi connectivity index (χ1) is 13.2. The zero-order valence-corrected chi connectivity index (χ0v) is 16.7. The minimum Gasteiger partial charge on any atom is -0.341 e. The number of hydrogen-bond acceptors (Lipinski definition) is 4. The molecule has 2 aliphatic rings. The van der Waals surface area contributed by atoms with E-state index >= 15 is 0 Å². The number of nitrogens with zero attached hydrogens (tertiary/aromatic N) is 2. The van der Waals surface area contributed by atoms with E-state index < -0.39 is 0 Å². The lowest BCUT2D eigenvalue weighted by molar-refractivity contribution is -0.129. The largest absolute Gasteiger partial charge is 0.341 e. The van der Waals surface area contributed by atoms with Gasteiger partial charge in [-0.05, 0) is 55.9 Å². The Morgan fingerprint density at radius 2 is 2.04 bits per heavy atom. The van der Waals surface area contributed by atoms with Crippen LogP contribution < -0.4 is 10.6 Å². The average Bonchev–Trinajstić information content (AvgIpc) is 3.37. The van der Waals surface area contributed by atoms with Gasteiger partial charge in [-0.2, -0.15) is 0 Å². The zero-order chi connectivity index (χ0) is 18.9. The molecule has 2 N–H and O–H groups in total. The van der Waals surface area contributed by atoms with Gasteiger partial charge < -0.3 is 15.5 Å². The quantitative estimate of drug-likeness (QED) is 0.666. The molecule has 2 fully saturated rings. The van der Waals surface area contributed by atoms with Gasteiger partial charge in [-0.1, -0.05) is 12.8 Å². The maximum Gasteiger partial charge on any atom is 0.319 e. The van der Waals surface area contributed by atoms with Crippen molar-refractivity contribution < 1.29 is 9.59 Å². The van der Waals surface area contributed by atoms with Crippen LogP contribution in [0.1, 0.15) is 44.9 Å². The number of likely N-dealkylation sites (tertiary alicyclic amines) is 1. The lowest BCUT2D eigenvalue weighted by Crippen LogP contribution is -2.35. The van der Waals surface area contributed by atoms with Crippen LogP contribution in [-0.2, 0) is 4.79 Å². The van der Waals surface area contributed by atoms with Crippen LogP contribution in [0.3, 0.4) is 0 Å². The summed E-state index contributed by atoms with van der Waals surface area (Å²) in [4.78, 5) is 30.3. The SMILES string of the molecule is O=C(NCCCCCC1CCN(C(=O)C2CCCS2)C1)Nc1ccncc1. The Hall–Kier alpha value is -1.76. The van der Waals surface area contributed by atoms with Gasteiger partial charge in [0.05, 0.1) is 5.25 Å². The Kier molecular flexibility index (Phi) is 7.80. The van der Waals surface area contributed by atoms with Crippen LogP contribution in [0, 0.1) is 5.92 Å². The van der Waals surface area contributed by atoms with Crippen LogP contribution in [0.4, 0.5) is 10.5 Å². The van der Waals surface area contributed by atoms with Crippen molar-refractivity contribution in [2.75, 3.05) is 30.7 Å².